The second-order valence-corrected chi connectivity index (χ2v) is 5.49. The van der Waals surface area contributed by atoms with Gasteiger partial charge < -0.3 is 0 Å². The van der Waals surface area contributed by atoms with Crippen molar-refractivity contribution in [2.24, 2.45) is 5.84 Å². The first kappa shape index (κ1) is 14.1. The van der Waals surface area contributed by atoms with Gasteiger partial charge in [-0.15, -0.1) is 11.3 Å². The number of nitrogens with one attached hydrogen (secondary N) is 1. The molecule has 5 heteroatoms. The van der Waals surface area contributed by atoms with Crippen molar-refractivity contribution >= 4 is 11.3 Å². The molecule has 3 N–H and O–H groups in total. The van der Waals surface area contributed by atoms with Gasteiger partial charge >= 0.3 is 0 Å². The average molecular weight is 282 g/mol. The summed E-state index contributed by atoms with van der Waals surface area (Å²) in [6, 6.07) is 6.13. The number of aryl methyl sites for hydroxylation is 2. The molecule has 0 radical (unpaired) electrons. The highest BCUT2D eigenvalue weighted by atomic mass is 32.1. The summed E-state index contributed by atoms with van der Waals surface area (Å²) < 4.78 is 27.0. The van der Waals surface area contributed by atoms with Crippen molar-refractivity contribution in [1.82, 2.24) is 5.43 Å². The number of halogens is 2. The zero-order valence-corrected chi connectivity index (χ0v) is 11.4. The van der Waals surface area contributed by atoms with E-state index in [4.69, 9.17) is 5.84 Å². The van der Waals surface area contributed by atoms with Gasteiger partial charge in [0.1, 0.15) is 11.6 Å². The number of hydrogen-bond donors (Lipinski definition) is 2. The maximum atomic E-state index is 13.8. The summed E-state index contributed by atoms with van der Waals surface area (Å²) in [4.78, 5) is 1.22. The topological polar surface area (TPSA) is 38.0 Å². The van der Waals surface area contributed by atoms with Crippen molar-refractivity contribution in [3.8, 4) is 0 Å². The van der Waals surface area contributed by atoms with Crippen molar-refractivity contribution in [2.75, 3.05) is 0 Å². The Labute approximate surface area is 115 Å². The third kappa shape index (κ3) is 3.37. The standard InChI is InChI=1S/C14H16F2N2S/c1-9-7-11(13(16)8-12(9)15)14(18-17)5-4-10-3-2-6-19-10/h2-3,6-8,14,18H,4-5,17H2,1H3. The summed E-state index contributed by atoms with van der Waals surface area (Å²) >= 11 is 1.66. The average Bonchev–Trinajstić information content (AvgIpc) is 2.89. The minimum atomic E-state index is -0.558. The molecule has 0 saturated heterocycles. The molecule has 19 heavy (non-hydrogen) atoms. The molecule has 0 bridgehead atoms. The Bertz CT molecular complexity index is 541. The van der Waals surface area contributed by atoms with Crippen LogP contribution in [0.5, 0.6) is 0 Å². The first-order valence-electron chi connectivity index (χ1n) is 6.06. The summed E-state index contributed by atoms with van der Waals surface area (Å²) in [6.45, 7) is 1.62. The second-order valence-electron chi connectivity index (χ2n) is 4.46. The molecule has 0 aliphatic carbocycles. The van der Waals surface area contributed by atoms with Gasteiger partial charge in [0.2, 0.25) is 0 Å². The Kier molecular flexibility index (Phi) is 4.63. The lowest BCUT2D eigenvalue weighted by Gasteiger charge is -2.17. The van der Waals surface area contributed by atoms with Crippen molar-refractivity contribution in [2.45, 2.75) is 25.8 Å². The van der Waals surface area contributed by atoms with Gasteiger partial charge in [0.25, 0.3) is 0 Å². The van der Waals surface area contributed by atoms with Crippen LogP contribution in [0.25, 0.3) is 0 Å². The highest BCUT2D eigenvalue weighted by Gasteiger charge is 2.16. The summed E-state index contributed by atoms with van der Waals surface area (Å²) in [5.41, 5.74) is 3.45. The van der Waals surface area contributed by atoms with Gasteiger partial charge in [0.15, 0.2) is 0 Å². The Balaban J connectivity index is 2.15. The van der Waals surface area contributed by atoms with E-state index in [1.54, 1.807) is 18.3 Å². The van der Waals surface area contributed by atoms with Crippen LogP contribution in [-0.4, -0.2) is 0 Å². The number of hydrazine groups is 1. The van der Waals surface area contributed by atoms with E-state index in [0.29, 0.717) is 17.5 Å². The second kappa shape index (κ2) is 6.23. The van der Waals surface area contributed by atoms with Gasteiger partial charge in [-0.2, -0.15) is 0 Å². The van der Waals surface area contributed by atoms with Crippen LogP contribution in [0.15, 0.2) is 29.6 Å². The molecule has 2 aromatic rings. The quantitative estimate of drug-likeness (QED) is 0.651. The molecule has 0 spiro atoms. The summed E-state index contributed by atoms with van der Waals surface area (Å²) in [5.74, 6) is 4.40. The molecule has 2 nitrogen and oxygen atoms in total. The van der Waals surface area contributed by atoms with Crippen LogP contribution in [0.2, 0.25) is 0 Å². The third-order valence-corrected chi connectivity index (χ3v) is 4.05. The highest BCUT2D eigenvalue weighted by Crippen LogP contribution is 2.25. The Morgan fingerprint density at radius 1 is 1.32 bits per heavy atom. The molecule has 1 aromatic carbocycles. The summed E-state index contributed by atoms with van der Waals surface area (Å²) in [7, 11) is 0. The van der Waals surface area contributed by atoms with E-state index in [1.165, 1.54) is 10.9 Å². The fraction of sp³-hybridized carbons (Fsp3) is 0.286. The van der Waals surface area contributed by atoms with Gasteiger partial charge in [-0.3, -0.25) is 11.3 Å². The van der Waals surface area contributed by atoms with E-state index in [9.17, 15) is 8.78 Å². The van der Waals surface area contributed by atoms with E-state index in [1.807, 2.05) is 17.5 Å². The minimum absolute atomic E-state index is 0.318. The van der Waals surface area contributed by atoms with Gasteiger partial charge in [0, 0.05) is 22.5 Å². The van der Waals surface area contributed by atoms with Crippen LogP contribution in [0.4, 0.5) is 8.78 Å². The zero-order valence-electron chi connectivity index (χ0n) is 10.6. The van der Waals surface area contributed by atoms with Crippen molar-refractivity contribution in [3.05, 3.63) is 57.3 Å². The van der Waals surface area contributed by atoms with E-state index in [-0.39, 0.29) is 6.04 Å². The first-order chi connectivity index (χ1) is 9.11. The van der Waals surface area contributed by atoms with Gasteiger partial charge in [0.05, 0.1) is 0 Å². The number of thiophene rings is 1. The van der Waals surface area contributed by atoms with Crippen molar-refractivity contribution in [1.29, 1.82) is 0 Å². The van der Waals surface area contributed by atoms with E-state index in [2.05, 4.69) is 5.43 Å². The molecule has 0 aliphatic rings. The maximum Gasteiger partial charge on any atom is 0.130 e. The summed E-state index contributed by atoms with van der Waals surface area (Å²) in [6.07, 6.45) is 1.47. The van der Waals surface area contributed by atoms with E-state index in [0.717, 1.165) is 12.5 Å². The van der Waals surface area contributed by atoms with Crippen LogP contribution < -0.4 is 11.3 Å². The molecule has 2 rings (SSSR count). The molecule has 0 saturated carbocycles. The Hall–Kier alpha value is -1.30. The minimum Gasteiger partial charge on any atom is -0.271 e. The van der Waals surface area contributed by atoms with Gasteiger partial charge in [-0.25, -0.2) is 8.78 Å². The zero-order chi connectivity index (χ0) is 13.8. The van der Waals surface area contributed by atoms with E-state index >= 15 is 0 Å². The maximum absolute atomic E-state index is 13.8. The largest absolute Gasteiger partial charge is 0.271 e. The lowest BCUT2D eigenvalue weighted by atomic mass is 9.99. The predicted octanol–water partition coefficient (Wildman–Crippen LogP) is 3.47. The number of benzene rings is 1. The van der Waals surface area contributed by atoms with E-state index < -0.39 is 11.6 Å². The summed E-state index contributed by atoms with van der Waals surface area (Å²) in [5, 5.41) is 2.00. The molecule has 1 unspecified atom stereocenters. The van der Waals surface area contributed by atoms with Gasteiger partial charge in [-0.05, 0) is 42.8 Å². The Morgan fingerprint density at radius 3 is 2.74 bits per heavy atom. The number of nitrogens with two attached hydrogens (primary N) is 1. The monoisotopic (exact) mass is 282 g/mol. The van der Waals surface area contributed by atoms with Crippen molar-refractivity contribution in [3.63, 3.8) is 0 Å². The molecule has 1 heterocycles. The molecular weight excluding hydrogens is 266 g/mol. The molecular formula is C14H16F2N2S. The van der Waals surface area contributed by atoms with Crippen LogP contribution in [0, 0.1) is 18.6 Å². The first-order valence-corrected chi connectivity index (χ1v) is 6.94. The fourth-order valence-corrected chi connectivity index (χ4v) is 2.74. The molecule has 0 fully saturated rings. The van der Waals surface area contributed by atoms with Gasteiger partial charge in [-0.1, -0.05) is 6.07 Å². The molecule has 0 amide bonds. The lowest BCUT2D eigenvalue weighted by Crippen LogP contribution is -2.29. The molecule has 1 aromatic heterocycles. The number of hydrogen-bond acceptors (Lipinski definition) is 3. The Morgan fingerprint density at radius 2 is 2.11 bits per heavy atom. The SMILES string of the molecule is Cc1cc(C(CCc2cccs2)NN)c(F)cc1F. The van der Waals surface area contributed by atoms with Crippen LogP contribution in [-0.2, 0) is 6.42 Å². The normalized spacial score (nSPS) is 12.6. The predicted molar refractivity (Wildman–Crippen MR) is 73.8 cm³/mol. The lowest BCUT2D eigenvalue weighted by molar-refractivity contribution is 0.480. The molecule has 102 valence electrons. The molecule has 0 aliphatic heterocycles. The molecule has 1 atom stereocenters. The highest BCUT2D eigenvalue weighted by molar-refractivity contribution is 7.09. The van der Waals surface area contributed by atoms with Crippen molar-refractivity contribution < 1.29 is 8.78 Å². The third-order valence-electron chi connectivity index (χ3n) is 3.11. The van der Waals surface area contributed by atoms with Crippen LogP contribution in [0.3, 0.4) is 0 Å². The van der Waals surface area contributed by atoms with Crippen LogP contribution in [0.1, 0.15) is 28.5 Å². The fourth-order valence-electron chi connectivity index (χ4n) is 2.02. The number of rotatable bonds is 5. The smallest absolute Gasteiger partial charge is 0.130 e. The van der Waals surface area contributed by atoms with Crippen LogP contribution >= 0.6 is 11.3 Å².